The number of sulfonamides is 1. The Kier molecular flexibility index (Phi) is 3.15. The fraction of sp³-hybridized carbons (Fsp3) is 0.571. The zero-order valence-corrected chi connectivity index (χ0v) is 12.2. The van der Waals surface area contributed by atoms with Gasteiger partial charge in [-0.05, 0) is 49.9 Å². The molecule has 0 aromatic heterocycles. The van der Waals surface area contributed by atoms with Crippen LogP contribution in [0.5, 0.6) is 0 Å². The van der Waals surface area contributed by atoms with E-state index in [9.17, 15) is 8.42 Å². The van der Waals surface area contributed by atoms with Crippen LogP contribution in [-0.4, -0.2) is 38.4 Å². The fourth-order valence-electron chi connectivity index (χ4n) is 3.22. The zero-order chi connectivity index (χ0) is 13.6. The van der Waals surface area contributed by atoms with Crippen molar-refractivity contribution in [1.29, 1.82) is 0 Å². The molecule has 1 aromatic carbocycles. The Morgan fingerprint density at radius 1 is 1.26 bits per heavy atom. The van der Waals surface area contributed by atoms with Gasteiger partial charge in [-0.3, -0.25) is 0 Å². The molecule has 0 bridgehead atoms. The Morgan fingerprint density at radius 3 is 2.84 bits per heavy atom. The summed E-state index contributed by atoms with van der Waals surface area (Å²) in [5.41, 5.74) is 1.82. The van der Waals surface area contributed by atoms with Crippen LogP contribution < -0.4 is 5.32 Å². The molecular weight excluding hydrogens is 260 g/mol. The normalized spacial score (nSPS) is 27.7. The van der Waals surface area contributed by atoms with Gasteiger partial charge in [-0.1, -0.05) is 12.1 Å². The quantitative estimate of drug-likeness (QED) is 0.888. The molecule has 2 fully saturated rings. The summed E-state index contributed by atoms with van der Waals surface area (Å²) in [6.07, 6.45) is 0.974. The second-order valence-corrected chi connectivity index (χ2v) is 7.52. The number of rotatable bonds is 2. The third kappa shape index (κ3) is 2.10. The minimum Gasteiger partial charge on any atom is -0.315 e. The van der Waals surface area contributed by atoms with E-state index in [1.54, 1.807) is 10.4 Å². The van der Waals surface area contributed by atoms with Gasteiger partial charge in [0, 0.05) is 19.1 Å². The van der Waals surface area contributed by atoms with E-state index in [1.807, 2.05) is 26.0 Å². The highest BCUT2D eigenvalue weighted by Gasteiger charge is 2.44. The molecule has 2 aliphatic rings. The second-order valence-electron chi connectivity index (χ2n) is 5.66. The van der Waals surface area contributed by atoms with Crippen molar-refractivity contribution in [1.82, 2.24) is 9.62 Å². The van der Waals surface area contributed by atoms with Crippen LogP contribution in [0.3, 0.4) is 0 Å². The van der Waals surface area contributed by atoms with Crippen molar-refractivity contribution >= 4 is 10.0 Å². The van der Waals surface area contributed by atoms with Crippen LogP contribution in [0.2, 0.25) is 0 Å². The lowest BCUT2D eigenvalue weighted by Gasteiger charge is -2.23. The molecule has 2 saturated heterocycles. The molecule has 1 N–H and O–H groups in total. The topological polar surface area (TPSA) is 49.4 Å². The van der Waals surface area contributed by atoms with Gasteiger partial charge in [-0.15, -0.1) is 0 Å². The largest absolute Gasteiger partial charge is 0.315 e. The van der Waals surface area contributed by atoms with Gasteiger partial charge in [-0.2, -0.15) is 4.31 Å². The van der Waals surface area contributed by atoms with Gasteiger partial charge < -0.3 is 5.32 Å². The molecule has 0 spiro atoms. The van der Waals surface area contributed by atoms with Gasteiger partial charge >= 0.3 is 0 Å². The molecule has 0 unspecified atom stereocenters. The second kappa shape index (κ2) is 4.58. The molecule has 2 heterocycles. The Labute approximate surface area is 114 Å². The monoisotopic (exact) mass is 280 g/mol. The molecule has 0 saturated carbocycles. The highest BCUT2D eigenvalue weighted by atomic mass is 32.2. The molecule has 0 radical (unpaired) electrons. The van der Waals surface area contributed by atoms with E-state index < -0.39 is 10.0 Å². The lowest BCUT2D eigenvalue weighted by Crippen LogP contribution is -2.39. The average molecular weight is 280 g/mol. The standard InChI is InChI=1S/C14H20N2O2S/c1-10-3-4-11(2)14(7-10)19(17,18)16-6-5-12-8-15-9-13(12)16/h3-4,7,12-13,15H,5-6,8-9H2,1-2H3/t12-,13+/m0/s1. The number of benzene rings is 1. The van der Waals surface area contributed by atoms with Crippen molar-refractivity contribution in [2.24, 2.45) is 5.92 Å². The van der Waals surface area contributed by atoms with Crippen molar-refractivity contribution in [3.8, 4) is 0 Å². The van der Waals surface area contributed by atoms with E-state index >= 15 is 0 Å². The summed E-state index contributed by atoms with van der Waals surface area (Å²) in [7, 11) is -3.35. The minimum absolute atomic E-state index is 0.143. The third-order valence-electron chi connectivity index (χ3n) is 4.32. The van der Waals surface area contributed by atoms with Crippen molar-refractivity contribution in [3.63, 3.8) is 0 Å². The van der Waals surface area contributed by atoms with Gasteiger partial charge in [-0.25, -0.2) is 8.42 Å². The number of nitrogens with zero attached hydrogens (tertiary/aromatic N) is 1. The summed E-state index contributed by atoms with van der Waals surface area (Å²) in [4.78, 5) is 0.472. The van der Waals surface area contributed by atoms with Crippen molar-refractivity contribution in [2.75, 3.05) is 19.6 Å². The maximum absolute atomic E-state index is 12.8. The predicted molar refractivity (Wildman–Crippen MR) is 74.6 cm³/mol. The number of nitrogens with one attached hydrogen (secondary N) is 1. The van der Waals surface area contributed by atoms with Crippen LogP contribution in [0.4, 0.5) is 0 Å². The molecule has 2 atom stereocenters. The SMILES string of the molecule is Cc1ccc(C)c(S(=O)(=O)N2CC[C@H]3CNC[C@H]32)c1. The van der Waals surface area contributed by atoms with E-state index in [-0.39, 0.29) is 6.04 Å². The molecular formula is C14H20N2O2S. The maximum Gasteiger partial charge on any atom is 0.243 e. The van der Waals surface area contributed by atoms with E-state index in [0.717, 1.165) is 30.6 Å². The minimum atomic E-state index is -3.35. The summed E-state index contributed by atoms with van der Waals surface area (Å²) in [5, 5.41) is 3.30. The first-order valence-electron chi connectivity index (χ1n) is 6.80. The van der Waals surface area contributed by atoms with E-state index in [2.05, 4.69) is 5.32 Å². The van der Waals surface area contributed by atoms with Crippen LogP contribution in [0, 0.1) is 19.8 Å². The van der Waals surface area contributed by atoms with Gasteiger partial charge in [0.2, 0.25) is 10.0 Å². The number of hydrogen-bond donors (Lipinski definition) is 1. The molecule has 5 heteroatoms. The summed E-state index contributed by atoms with van der Waals surface area (Å²) >= 11 is 0. The van der Waals surface area contributed by atoms with Crippen LogP contribution >= 0.6 is 0 Å². The van der Waals surface area contributed by atoms with E-state index in [4.69, 9.17) is 0 Å². The van der Waals surface area contributed by atoms with Crippen LogP contribution in [0.1, 0.15) is 17.5 Å². The maximum atomic E-state index is 12.8. The Balaban J connectivity index is 2.01. The molecule has 2 aliphatic heterocycles. The van der Waals surface area contributed by atoms with Crippen molar-refractivity contribution in [2.45, 2.75) is 31.2 Å². The predicted octanol–water partition coefficient (Wildman–Crippen LogP) is 1.29. The van der Waals surface area contributed by atoms with Crippen molar-refractivity contribution < 1.29 is 8.42 Å². The van der Waals surface area contributed by atoms with Gasteiger partial charge in [0.25, 0.3) is 0 Å². The Morgan fingerprint density at radius 2 is 2.05 bits per heavy atom. The average Bonchev–Trinajstić information content (AvgIpc) is 2.93. The number of aryl methyl sites for hydroxylation is 2. The van der Waals surface area contributed by atoms with Gasteiger partial charge in [0.15, 0.2) is 0 Å². The summed E-state index contributed by atoms with van der Waals surface area (Å²) < 4.78 is 27.4. The smallest absolute Gasteiger partial charge is 0.243 e. The molecule has 104 valence electrons. The molecule has 4 nitrogen and oxygen atoms in total. The van der Waals surface area contributed by atoms with Crippen molar-refractivity contribution in [3.05, 3.63) is 29.3 Å². The molecule has 0 aliphatic carbocycles. The first kappa shape index (κ1) is 13.1. The van der Waals surface area contributed by atoms with Gasteiger partial charge in [0.1, 0.15) is 0 Å². The fourth-order valence-corrected chi connectivity index (χ4v) is 5.23. The van der Waals surface area contributed by atoms with Crippen LogP contribution in [0.15, 0.2) is 23.1 Å². The third-order valence-corrected chi connectivity index (χ3v) is 6.39. The van der Waals surface area contributed by atoms with E-state index in [1.165, 1.54) is 0 Å². The van der Waals surface area contributed by atoms with Gasteiger partial charge in [0.05, 0.1) is 4.90 Å². The Hall–Kier alpha value is -0.910. The molecule has 0 amide bonds. The first-order chi connectivity index (χ1) is 9.00. The zero-order valence-electron chi connectivity index (χ0n) is 11.4. The number of fused-ring (bicyclic) bond motifs is 1. The summed E-state index contributed by atoms with van der Waals surface area (Å²) in [5.74, 6) is 0.486. The molecule has 19 heavy (non-hydrogen) atoms. The lowest BCUT2D eigenvalue weighted by molar-refractivity contribution is 0.382. The first-order valence-corrected chi connectivity index (χ1v) is 8.24. The number of hydrogen-bond acceptors (Lipinski definition) is 3. The summed E-state index contributed by atoms with van der Waals surface area (Å²) in [6, 6.07) is 5.78. The van der Waals surface area contributed by atoms with Crippen LogP contribution in [-0.2, 0) is 10.0 Å². The lowest BCUT2D eigenvalue weighted by atomic mass is 10.1. The highest BCUT2D eigenvalue weighted by Crippen LogP contribution is 2.33. The highest BCUT2D eigenvalue weighted by molar-refractivity contribution is 7.89. The molecule has 1 aromatic rings. The van der Waals surface area contributed by atoms with Crippen LogP contribution in [0.25, 0.3) is 0 Å². The Bertz CT molecular complexity index is 597. The summed E-state index contributed by atoms with van der Waals surface area (Å²) in [6.45, 7) is 6.19. The molecule has 3 rings (SSSR count). The van der Waals surface area contributed by atoms with E-state index in [0.29, 0.717) is 17.4 Å².